The molecule has 9 heavy (non-hydrogen) atoms. The van der Waals surface area contributed by atoms with E-state index in [2.05, 4.69) is 9.97 Å². The molecule has 2 aromatic heterocycles. The van der Waals surface area contributed by atoms with Gasteiger partial charge in [-0.1, -0.05) is 0 Å². The van der Waals surface area contributed by atoms with Crippen molar-refractivity contribution in [2.45, 2.75) is 6.92 Å². The molecule has 0 unspecified atom stereocenters. The van der Waals surface area contributed by atoms with Crippen molar-refractivity contribution >= 4 is 32.3 Å². The summed E-state index contributed by atoms with van der Waals surface area (Å²) in [5.74, 6) is 0. The van der Waals surface area contributed by atoms with Gasteiger partial charge in [0.15, 0.2) is 5.65 Å². The normalized spacial score (nSPS) is 10.8. The quantitative estimate of drug-likeness (QED) is 0.583. The van der Waals surface area contributed by atoms with Crippen LogP contribution < -0.4 is 0 Å². The molecule has 0 amide bonds. The maximum absolute atomic E-state index is 4.19. The minimum Gasteiger partial charge on any atom is -0.224 e. The van der Waals surface area contributed by atoms with Crippen molar-refractivity contribution in [2.75, 3.05) is 0 Å². The van der Waals surface area contributed by atoms with Gasteiger partial charge in [-0.05, 0) is 6.92 Å². The van der Waals surface area contributed by atoms with E-state index >= 15 is 0 Å². The zero-order valence-corrected chi connectivity index (χ0v) is 6.42. The van der Waals surface area contributed by atoms with Crippen molar-refractivity contribution < 1.29 is 0 Å². The van der Waals surface area contributed by atoms with Crippen molar-refractivity contribution in [3.63, 3.8) is 0 Å². The first-order chi connectivity index (χ1) is 4.36. The van der Waals surface area contributed by atoms with Crippen LogP contribution in [0.15, 0.2) is 5.51 Å². The summed E-state index contributed by atoms with van der Waals surface area (Å²) < 4.78 is 1.23. The first-order valence-corrected chi connectivity index (χ1v) is 4.22. The Morgan fingerprint density at radius 1 is 1.56 bits per heavy atom. The van der Waals surface area contributed by atoms with Crippen LogP contribution >= 0.6 is 22.7 Å². The SMILES string of the molecule is Cc1nc2ncsc2s1. The van der Waals surface area contributed by atoms with Gasteiger partial charge in [0.25, 0.3) is 0 Å². The molecule has 0 bridgehead atoms. The number of hydrogen-bond donors (Lipinski definition) is 0. The maximum Gasteiger partial charge on any atom is 0.181 e. The topological polar surface area (TPSA) is 25.8 Å². The number of fused-ring (bicyclic) bond motifs is 1. The fourth-order valence-corrected chi connectivity index (χ4v) is 2.41. The minimum atomic E-state index is 0.905. The number of aryl methyl sites for hydroxylation is 1. The molecule has 0 aromatic carbocycles. The summed E-state index contributed by atoms with van der Waals surface area (Å²) in [5, 5.41) is 1.10. The largest absolute Gasteiger partial charge is 0.224 e. The average molecular weight is 156 g/mol. The van der Waals surface area contributed by atoms with Crippen LogP contribution in [0.3, 0.4) is 0 Å². The highest BCUT2D eigenvalue weighted by Gasteiger charge is 1.99. The van der Waals surface area contributed by atoms with Crippen LogP contribution in [-0.2, 0) is 0 Å². The minimum absolute atomic E-state index is 0.905. The highest BCUT2D eigenvalue weighted by Crippen LogP contribution is 2.23. The lowest BCUT2D eigenvalue weighted by atomic mass is 10.8. The van der Waals surface area contributed by atoms with E-state index in [0.29, 0.717) is 0 Å². The van der Waals surface area contributed by atoms with E-state index in [1.165, 1.54) is 4.01 Å². The highest BCUT2D eigenvalue weighted by molar-refractivity contribution is 7.37. The van der Waals surface area contributed by atoms with Crippen LogP contribution in [0.1, 0.15) is 5.01 Å². The second-order valence-electron chi connectivity index (χ2n) is 1.70. The van der Waals surface area contributed by atoms with Crippen molar-refractivity contribution in [2.24, 2.45) is 0 Å². The number of rotatable bonds is 0. The molecule has 0 aliphatic carbocycles. The van der Waals surface area contributed by atoms with Gasteiger partial charge in [0.1, 0.15) is 4.01 Å². The fourth-order valence-electron chi connectivity index (χ4n) is 0.680. The fraction of sp³-hybridized carbons (Fsp3) is 0.200. The van der Waals surface area contributed by atoms with Gasteiger partial charge in [-0.2, -0.15) is 0 Å². The monoisotopic (exact) mass is 156 g/mol. The molecule has 0 atom stereocenters. The molecule has 0 saturated carbocycles. The summed E-state index contributed by atoms with van der Waals surface area (Å²) >= 11 is 3.36. The molecule has 0 fully saturated rings. The van der Waals surface area contributed by atoms with Gasteiger partial charge in [0.2, 0.25) is 0 Å². The number of nitrogens with zero attached hydrogens (tertiary/aromatic N) is 2. The number of aromatic nitrogens is 2. The molecule has 2 heterocycles. The predicted octanol–water partition coefficient (Wildman–Crippen LogP) is 2.06. The molecule has 0 aliphatic heterocycles. The summed E-state index contributed by atoms with van der Waals surface area (Å²) in [5.41, 5.74) is 2.73. The lowest BCUT2D eigenvalue weighted by Crippen LogP contribution is -1.65. The summed E-state index contributed by atoms with van der Waals surface area (Å²) in [6, 6.07) is 0. The molecular weight excluding hydrogens is 152 g/mol. The maximum atomic E-state index is 4.19. The Bertz CT molecular complexity index is 294. The van der Waals surface area contributed by atoms with Gasteiger partial charge >= 0.3 is 0 Å². The summed E-state index contributed by atoms with van der Waals surface area (Å²) in [4.78, 5) is 8.25. The van der Waals surface area contributed by atoms with Crippen molar-refractivity contribution in [1.29, 1.82) is 0 Å². The summed E-state index contributed by atoms with van der Waals surface area (Å²) in [6.07, 6.45) is 0. The Balaban J connectivity index is 2.92. The van der Waals surface area contributed by atoms with Crippen LogP contribution in [0, 0.1) is 6.92 Å². The highest BCUT2D eigenvalue weighted by atomic mass is 32.2. The third kappa shape index (κ3) is 0.746. The van der Waals surface area contributed by atoms with Crippen LogP contribution in [0.5, 0.6) is 0 Å². The number of hydrogen-bond acceptors (Lipinski definition) is 4. The van der Waals surface area contributed by atoms with E-state index in [9.17, 15) is 0 Å². The molecule has 0 saturated heterocycles. The average Bonchev–Trinajstić information content (AvgIpc) is 2.22. The second-order valence-corrected chi connectivity index (χ2v) is 4.01. The molecule has 2 rings (SSSR count). The first kappa shape index (κ1) is 5.32. The molecule has 46 valence electrons. The standard InChI is InChI=1S/C5H4N2S2/c1-3-7-4-5(9-3)8-2-6-4/h2H,1H3. The van der Waals surface area contributed by atoms with E-state index < -0.39 is 0 Å². The van der Waals surface area contributed by atoms with Gasteiger partial charge in [-0.3, -0.25) is 0 Å². The van der Waals surface area contributed by atoms with E-state index in [0.717, 1.165) is 10.7 Å². The predicted molar refractivity (Wildman–Crippen MR) is 40.0 cm³/mol. The molecule has 4 heteroatoms. The van der Waals surface area contributed by atoms with Gasteiger partial charge in [-0.15, -0.1) is 22.7 Å². The van der Waals surface area contributed by atoms with Gasteiger partial charge in [0.05, 0.1) is 10.5 Å². The Kier molecular flexibility index (Phi) is 1.03. The molecule has 0 aliphatic rings. The molecule has 2 nitrogen and oxygen atoms in total. The lowest BCUT2D eigenvalue weighted by Gasteiger charge is -1.68. The van der Waals surface area contributed by atoms with Crippen molar-refractivity contribution in [3.05, 3.63) is 10.5 Å². The van der Waals surface area contributed by atoms with Crippen LogP contribution in [0.4, 0.5) is 0 Å². The van der Waals surface area contributed by atoms with E-state index in [1.54, 1.807) is 22.7 Å². The third-order valence-corrected chi connectivity index (χ3v) is 2.92. The second kappa shape index (κ2) is 1.75. The van der Waals surface area contributed by atoms with Crippen LogP contribution in [0.25, 0.3) is 9.66 Å². The molecule has 2 aromatic rings. The smallest absolute Gasteiger partial charge is 0.181 e. The van der Waals surface area contributed by atoms with Gasteiger partial charge in [0, 0.05) is 0 Å². The van der Waals surface area contributed by atoms with E-state index in [-0.39, 0.29) is 0 Å². The Morgan fingerprint density at radius 2 is 2.44 bits per heavy atom. The third-order valence-electron chi connectivity index (χ3n) is 1.02. The van der Waals surface area contributed by atoms with Crippen molar-refractivity contribution in [1.82, 2.24) is 9.97 Å². The number of thiazole rings is 2. The van der Waals surface area contributed by atoms with Crippen LogP contribution in [-0.4, -0.2) is 9.97 Å². The Labute approximate surface area is 60.2 Å². The first-order valence-electron chi connectivity index (χ1n) is 2.53. The van der Waals surface area contributed by atoms with E-state index in [4.69, 9.17) is 0 Å². The Morgan fingerprint density at radius 3 is 3.22 bits per heavy atom. The van der Waals surface area contributed by atoms with E-state index in [1.807, 2.05) is 12.4 Å². The zero-order valence-electron chi connectivity index (χ0n) is 4.79. The van der Waals surface area contributed by atoms with Crippen molar-refractivity contribution in [3.8, 4) is 0 Å². The molecule has 0 spiro atoms. The zero-order chi connectivity index (χ0) is 6.27. The van der Waals surface area contributed by atoms with Gasteiger partial charge < -0.3 is 0 Å². The Hall–Kier alpha value is -0.480. The van der Waals surface area contributed by atoms with Gasteiger partial charge in [-0.25, -0.2) is 9.97 Å². The molecular formula is C5H4N2S2. The summed E-state index contributed by atoms with van der Waals surface area (Å²) in [6.45, 7) is 2.00. The molecule has 0 N–H and O–H groups in total. The summed E-state index contributed by atoms with van der Waals surface area (Å²) in [7, 11) is 0. The lowest BCUT2D eigenvalue weighted by molar-refractivity contribution is 1.29. The van der Waals surface area contributed by atoms with Crippen LogP contribution in [0.2, 0.25) is 0 Å². The molecule has 0 radical (unpaired) electrons.